The first-order valence-corrected chi connectivity index (χ1v) is 7.39. The molecule has 2 fully saturated rings. The third-order valence-electron chi connectivity index (χ3n) is 3.83. The molecule has 0 spiro atoms. The SMILES string of the molecule is CC(C)(CN=CC1C(=O)NC(=S)NC1=O)[NH+]1CCOCC1. The van der Waals surface area contributed by atoms with E-state index in [9.17, 15) is 9.59 Å². The molecule has 0 unspecified atom stereocenters. The second-order valence-electron chi connectivity index (χ2n) is 5.87. The number of morpholine rings is 1. The van der Waals surface area contributed by atoms with E-state index in [2.05, 4.69) is 29.5 Å². The largest absolute Gasteiger partial charge is 0.370 e. The van der Waals surface area contributed by atoms with Crippen molar-refractivity contribution in [3.05, 3.63) is 0 Å². The standard InChI is InChI=1S/C13H20N4O3S/c1-13(2,17-3-5-20-6-4-17)8-14-7-9-10(18)15-12(21)16-11(9)19/h7,9H,3-6,8H2,1-2H3,(H2,15,16,18,19,21)/p+1. The number of hydrogen-bond donors (Lipinski definition) is 3. The second kappa shape index (κ2) is 6.59. The molecule has 0 aromatic carbocycles. The van der Waals surface area contributed by atoms with Gasteiger partial charge in [-0.25, -0.2) is 0 Å². The van der Waals surface area contributed by atoms with Gasteiger partial charge in [0.1, 0.15) is 18.6 Å². The summed E-state index contributed by atoms with van der Waals surface area (Å²) >= 11 is 4.75. The van der Waals surface area contributed by atoms with E-state index in [4.69, 9.17) is 17.0 Å². The molecule has 0 aromatic heterocycles. The maximum absolute atomic E-state index is 11.7. The highest BCUT2D eigenvalue weighted by Gasteiger charge is 2.33. The van der Waals surface area contributed by atoms with Gasteiger partial charge in [0.15, 0.2) is 11.0 Å². The summed E-state index contributed by atoms with van der Waals surface area (Å²) in [4.78, 5) is 29.1. The molecular weight excluding hydrogens is 292 g/mol. The Balaban J connectivity index is 1.93. The number of carbonyl (C=O) groups excluding carboxylic acids is 2. The zero-order valence-electron chi connectivity index (χ0n) is 12.3. The van der Waals surface area contributed by atoms with Crippen LogP contribution in [0, 0.1) is 5.92 Å². The summed E-state index contributed by atoms with van der Waals surface area (Å²) < 4.78 is 5.36. The third-order valence-corrected chi connectivity index (χ3v) is 4.04. The molecule has 0 saturated carbocycles. The van der Waals surface area contributed by atoms with Crippen molar-refractivity contribution in [3.8, 4) is 0 Å². The molecule has 2 saturated heterocycles. The van der Waals surface area contributed by atoms with Crippen LogP contribution in [0.3, 0.4) is 0 Å². The van der Waals surface area contributed by atoms with Crippen LogP contribution in [0.15, 0.2) is 4.99 Å². The molecule has 0 aromatic rings. The molecule has 8 heteroatoms. The maximum atomic E-state index is 11.7. The molecule has 21 heavy (non-hydrogen) atoms. The summed E-state index contributed by atoms with van der Waals surface area (Å²) in [6.45, 7) is 8.20. The Morgan fingerprint density at radius 1 is 1.33 bits per heavy atom. The van der Waals surface area contributed by atoms with Gasteiger partial charge in [-0.3, -0.25) is 14.6 Å². The molecule has 7 nitrogen and oxygen atoms in total. The fourth-order valence-corrected chi connectivity index (χ4v) is 2.66. The van der Waals surface area contributed by atoms with Crippen LogP contribution in [-0.2, 0) is 14.3 Å². The van der Waals surface area contributed by atoms with E-state index < -0.39 is 17.7 Å². The van der Waals surface area contributed by atoms with Crippen LogP contribution in [0.2, 0.25) is 0 Å². The van der Waals surface area contributed by atoms with Crippen LogP contribution in [0.25, 0.3) is 0 Å². The molecule has 2 aliphatic heterocycles. The summed E-state index contributed by atoms with van der Waals surface area (Å²) in [6, 6.07) is 0. The smallest absolute Gasteiger partial charge is 0.244 e. The van der Waals surface area contributed by atoms with Gasteiger partial charge in [-0.15, -0.1) is 0 Å². The summed E-state index contributed by atoms with van der Waals surface area (Å²) in [5.41, 5.74) is -0.0583. The maximum Gasteiger partial charge on any atom is 0.244 e. The Morgan fingerprint density at radius 2 is 1.90 bits per heavy atom. The van der Waals surface area contributed by atoms with Crippen LogP contribution in [0.1, 0.15) is 13.8 Å². The highest BCUT2D eigenvalue weighted by molar-refractivity contribution is 7.80. The minimum absolute atomic E-state index is 0.0488. The number of nitrogens with one attached hydrogen (secondary N) is 3. The number of hydrogen-bond acceptors (Lipinski definition) is 5. The molecule has 0 atom stereocenters. The van der Waals surface area contributed by atoms with E-state index in [1.807, 2.05) is 0 Å². The van der Waals surface area contributed by atoms with E-state index in [1.165, 1.54) is 11.1 Å². The van der Waals surface area contributed by atoms with Gasteiger partial charge < -0.3 is 20.3 Å². The van der Waals surface area contributed by atoms with Crippen LogP contribution in [0.5, 0.6) is 0 Å². The van der Waals surface area contributed by atoms with Crippen molar-refractivity contribution in [2.24, 2.45) is 10.9 Å². The molecule has 2 aliphatic rings. The molecule has 0 aliphatic carbocycles. The summed E-state index contributed by atoms with van der Waals surface area (Å²) in [5, 5.41) is 4.89. The molecule has 0 radical (unpaired) electrons. The molecular formula is C13H21N4O3S+. The normalized spacial score (nSPS) is 22.5. The van der Waals surface area contributed by atoms with E-state index in [1.54, 1.807) is 0 Å². The first-order chi connectivity index (χ1) is 9.90. The lowest BCUT2D eigenvalue weighted by atomic mass is 10.0. The van der Waals surface area contributed by atoms with Gasteiger partial charge in [0.25, 0.3) is 0 Å². The van der Waals surface area contributed by atoms with Crippen molar-refractivity contribution in [2.75, 3.05) is 32.8 Å². The van der Waals surface area contributed by atoms with Gasteiger partial charge in [0.2, 0.25) is 11.8 Å². The van der Waals surface area contributed by atoms with Gasteiger partial charge >= 0.3 is 0 Å². The Morgan fingerprint density at radius 3 is 2.48 bits per heavy atom. The van der Waals surface area contributed by atoms with Crippen molar-refractivity contribution in [1.82, 2.24) is 10.6 Å². The van der Waals surface area contributed by atoms with Crippen molar-refractivity contribution in [2.45, 2.75) is 19.4 Å². The Labute approximate surface area is 129 Å². The zero-order chi connectivity index (χ0) is 15.5. The number of carbonyl (C=O) groups is 2. The zero-order valence-corrected chi connectivity index (χ0v) is 13.1. The molecule has 3 N–H and O–H groups in total. The van der Waals surface area contributed by atoms with E-state index in [0.717, 1.165) is 26.3 Å². The number of thiocarbonyl (C=S) groups is 1. The quantitative estimate of drug-likeness (QED) is 0.315. The van der Waals surface area contributed by atoms with Gasteiger partial charge in [0.05, 0.1) is 19.8 Å². The van der Waals surface area contributed by atoms with Crippen LogP contribution in [0.4, 0.5) is 0 Å². The van der Waals surface area contributed by atoms with Gasteiger partial charge in [-0.1, -0.05) is 0 Å². The van der Waals surface area contributed by atoms with Crippen molar-refractivity contribution >= 4 is 35.4 Å². The lowest BCUT2D eigenvalue weighted by Crippen LogP contribution is -3.21. The fraction of sp³-hybridized carbons (Fsp3) is 0.692. The van der Waals surface area contributed by atoms with Crippen molar-refractivity contribution in [3.63, 3.8) is 0 Å². The summed E-state index contributed by atoms with van der Waals surface area (Å²) in [7, 11) is 0. The fourth-order valence-electron chi connectivity index (χ4n) is 2.46. The molecule has 0 bridgehead atoms. The third kappa shape index (κ3) is 4.05. The number of ether oxygens (including phenoxy) is 1. The van der Waals surface area contributed by atoms with Crippen LogP contribution in [-0.4, -0.2) is 61.5 Å². The Bertz CT molecular complexity index is 452. The predicted molar refractivity (Wildman–Crippen MR) is 81.3 cm³/mol. The number of aliphatic imine (C=N–C) groups is 1. The first-order valence-electron chi connectivity index (χ1n) is 6.99. The average Bonchev–Trinajstić information content (AvgIpc) is 2.42. The van der Waals surface area contributed by atoms with Crippen molar-refractivity contribution < 1.29 is 19.2 Å². The number of quaternary nitrogens is 1. The lowest BCUT2D eigenvalue weighted by molar-refractivity contribution is -0.953. The Kier molecular flexibility index (Phi) is 5.02. The minimum atomic E-state index is -0.910. The first kappa shape index (κ1) is 16.0. The molecule has 2 amide bonds. The molecule has 2 rings (SSSR count). The van der Waals surface area contributed by atoms with Gasteiger partial charge in [0, 0.05) is 6.21 Å². The van der Waals surface area contributed by atoms with E-state index in [0.29, 0.717) is 6.54 Å². The molecule has 116 valence electrons. The monoisotopic (exact) mass is 313 g/mol. The number of amides is 2. The number of rotatable bonds is 4. The van der Waals surface area contributed by atoms with Crippen LogP contribution < -0.4 is 15.5 Å². The highest BCUT2D eigenvalue weighted by Crippen LogP contribution is 2.02. The number of nitrogens with zero attached hydrogens (tertiary/aromatic N) is 1. The molecule has 2 heterocycles. The summed E-state index contributed by atoms with van der Waals surface area (Å²) in [5.74, 6) is -1.76. The van der Waals surface area contributed by atoms with Crippen molar-refractivity contribution in [1.29, 1.82) is 0 Å². The van der Waals surface area contributed by atoms with Crippen LogP contribution >= 0.6 is 12.2 Å². The Hall–Kier alpha value is -1.38. The predicted octanol–water partition coefficient (Wildman–Crippen LogP) is -2.10. The highest BCUT2D eigenvalue weighted by atomic mass is 32.1. The van der Waals surface area contributed by atoms with Gasteiger partial charge in [-0.05, 0) is 26.1 Å². The van der Waals surface area contributed by atoms with Gasteiger partial charge in [-0.2, -0.15) is 0 Å². The second-order valence-corrected chi connectivity index (χ2v) is 6.28. The van der Waals surface area contributed by atoms with E-state index >= 15 is 0 Å². The average molecular weight is 313 g/mol. The lowest BCUT2D eigenvalue weighted by Gasteiger charge is -2.36. The minimum Gasteiger partial charge on any atom is -0.370 e. The van der Waals surface area contributed by atoms with E-state index in [-0.39, 0.29) is 10.7 Å². The summed E-state index contributed by atoms with van der Waals surface area (Å²) in [6.07, 6.45) is 1.41. The topological polar surface area (TPSA) is 84.2 Å².